The Hall–Kier alpha value is 0.726. The van der Waals surface area contributed by atoms with Crippen molar-refractivity contribution in [1.82, 2.24) is 4.90 Å². The zero-order chi connectivity index (χ0) is 4.99. The second-order valence-electron chi connectivity index (χ2n) is 1.66. The van der Waals surface area contributed by atoms with Gasteiger partial charge in [-0.05, 0) is 20.6 Å². The largest absolute Gasteiger partial charge is 2.00 e. The molecule has 0 saturated heterocycles. The second kappa shape index (κ2) is 10.7. The average molecular weight is 125 g/mol. The van der Waals surface area contributed by atoms with E-state index in [9.17, 15) is 0 Å². The Kier molecular flexibility index (Phi) is 21.2. The molecule has 0 fully saturated rings. The molecule has 0 aromatic heterocycles. The molecule has 0 aliphatic heterocycles. The van der Waals surface area contributed by atoms with Gasteiger partial charge in [-0.2, -0.15) is 6.42 Å². The van der Waals surface area contributed by atoms with E-state index in [4.69, 9.17) is 0 Å². The molecular weight excluding hydrogens is 110 g/mol. The molecule has 0 radical (unpaired) electrons. The van der Waals surface area contributed by atoms with Crippen molar-refractivity contribution in [1.29, 1.82) is 0 Å². The van der Waals surface area contributed by atoms with Crippen molar-refractivity contribution in [2.24, 2.45) is 0 Å². The molecule has 0 bridgehead atoms. The van der Waals surface area contributed by atoms with Gasteiger partial charge in [0, 0.05) is 0 Å². The van der Waals surface area contributed by atoms with Crippen LogP contribution in [-0.4, -0.2) is 48.6 Å². The van der Waals surface area contributed by atoms with Crippen LogP contribution in [0.2, 0.25) is 0 Å². The van der Waals surface area contributed by atoms with Crippen LogP contribution in [0.1, 0.15) is 6.42 Å². The van der Waals surface area contributed by atoms with Gasteiger partial charge in [-0.15, -0.1) is 0 Å². The van der Waals surface area contributed by atoms with Gasteiger partial charge in [0.15, 0.2) is 0 Å². The van der Waals surface area contributed by atoms with Crippen LogP contribution in [-0.2, 0) is 0 Å². The predicted molar refractivity (Wildman–Crippen MR) is 40.7 cm³/mol. The maximum Gasteiger partial charge on any atom is 2.00 e. The van der Waals surface area contributed by atoms with Crippen molar-refractivity contribution in [2.45, 2.75) is 6.42 Å². The maximum absolute atomic E-state index is 3.68. The van der Waals surface area contributed by atoms with Gasteiger partial charge in [0.05, 0.1) is 0 Å². The first-order valence-electron chi connectivity index (χ1n) is 2.21. The van der Waals surface area contributed by atoms with Gasteiger partial charge >= 0.3 is 23.1 Å². The van der Waals surface area contributed by atoms with Gasteiger partial charge in [0.25, 0.3) is 0 Å². The van der Waals surface area contributed by atoms with Crippen molar-refractivity contribution in [2.75, 3.05) is 20.6 Å². The zero-order valence-electron chi connectivity index (χ0n) is 6.28. The number of nitrogens with zero attached hydrogens (tertiary/aromatic N) is 1. The Morgan fingerprint density at radius 3 is 1.75 bits per heavy atom. The first kappa shape index (κ1) is 15.9. The summed E-state index contributed by atoms with van der Waals surface area (Å²) < 4.78 is 0. The monoisotopic (exact) mass is 125 g/mol. The molecule has 46 valence electrons. The van der Waals surface area contributed by atoms with Gasteiger partial charge in [-0.25, -0.2) is 0 Å². The smallest absolute Gasteiger partial charge is 0.358 e. The number of hydrogen-bond donors (Lipinski definition) is 0. The van der Waals surface area contributed by atoms with Crippen molar-refractivity contribution in [3.05, 3.63) is 14.4 Å². The second-order valence-corrected chi connectivity index (χ2v) is 1.66. The topological polar surface area (TPSA) is 3.24 Å². The fraction of sp³-hybridized carbons (Fsp3) is 0.667. The van der Waals surface area contributed by atoms with Crippen LogP contribution in [0, 0.1) is 14.4 Å². The molecule has 0 aromatic rings. The summed E-state index contributed by atoms with van der Waals surface area (Å²) in [7, 11) is 4.09. The molecule has 0 atom stereocenters. The van der Waals surface area contributed by atoms with E-state index < -0.39 is 0 Å². The minimum atomic E-state index is 0. The summed E-state index contributed by atoms with van der Waals surface area (Å²) in [6, 6.07) is 0. The Morgan fingerprint density at radius 2 is 1.75 bits per heavy atom. The van der Waals surface area contributed by atoms with E-state index in [0.717, 1.165) is 13.0 Å². The molecule has 0 rings (SSSR count). The van der Waals surface area contributed by atoms with Crippen LogP contribution in [0.15, 0.2) is 0 Å². The summed E-state index contributed by atoms with van der Waals surface area (Å²) in [6.45, 7) is 4.78. The third-order valence-electron chi connectivity index (χ3n) is 0.605. The molecule has 1 nitrogen and oxygen atoms in total. The minimum Gasteiger partial charge on any atom is -0.358 e. The third-order valence-corrected chi connectivity index (χ3v) is 0.605. The molecule has 0 heterocycles. The Morgan fingerprint density at radius 1 is 1.38 bits per heavy atom. The first-order chi connectivity index (χ1) is 2.77. The maximum atomic E-state index is 3.68. The van der Waals surface area contributed by atoms with Crippen LogP contribution in [0.5, 0.6) is 0 Å². The summed E-state index contributed by atoms with van der Waals surface area (Å²) >= 11 is 0. The van der Waals surface area contributed by atoms with Gasteiger partial charge < -0.3 is 19.3 Å². The zero-order valence-corrected chi connectivity index (χ0v) is 7.69. The van der Waals surface area contributed by atoms with Gasteiger partial charge in [-0.1, -0.05) is 0 Å². The predicted octanol–water partition coefficient (Wildman–Crippen LogP) is 0.842. The first-order valence-corrected chi connectivity index (χ1v) is 2.21. The van der Waals surface area contributed by atoms with Crippen LogP contribution in [0.3, 0.4) is 0 Å². The molecule has 0 spiro atoms. The molecule has 0 amide bonds. The molecule has 0 saturated carbocycles. The quantitative estimate of drug-likeness (QED) is 0.391. The van der Waals surface area contributed by atoms with Crippen molar-refractivity contribution in [3.8, 4) is 0 Å². The van der Waals surface area contributed by atoms with E-state index in [0.29, 0.717) is 0 Å². The van der Waals surface area contributed by atoms with Crippen LogP contribution in [0.4, 0.5) is 0 Å². The molecule has 0 aromatic carbocycles. The summed E-state index contributed by atoms with van der Waals surface area (Å²) in [5, 5.41) is 0. The molecule has 8 heavy (non-hydrogen) atoms. The van der Waals surface area contributed by atoms with Crippen molar-refractivity contribution in [3.63, 3.8) is 0 Å². The van der Waals surface area contributed by atoms with Crippen LogP contribution >= 0.6 is 0 Å². The Labute approximate surface area is 69.6 Å². The minimum absolute atomic E-state index is 0. The molecule has 0 aliphatic rings. The van der Waals surface area contributed by atoms with Crippen molar-refractivity contribution < 1.29 is 0 Å². The van der Waals surface area contributed by atoms with E-state index in [-0.39, 0.29) is 30.5 Å². The number of rotatable bonds is 2. The summed E-state index contributed by atoms with van der Waals surface area (Å²) in [5.74, 6) is 0. The van der Waals surface area contributed by atoms with Crippen LogP contribution in [0.25, 0.3) is 0 Å². The summed E-state index contributed by atoms with van der Waals surface area (Å²) in [5.41, 5.74) is 0. The van der Waals surface area contributed by atoms with Gasteiger partial charge in [0.1, 0.15) is 0 Å². The number of hydrogen-bond acceptors (Lipinski definition) is 1. The van der Waals surface area contributed by atoms with Gasteiger partial charge in [-0.3, -0.25) is 0 Å². The fourth-order valence-corrected chi connectivity index (χ4v) is 0.316. The van der Waals surface area contributed by atoms with Crippen LogP contribution < -0.4 is 0 Å². The Bertz CT molecular complexity index is 29.7. The molecule has 0 aliphatic carbocycles. The van der Waals surface area contributed by atoms with E-state index in [2.05, 4.69) is 11.8 Å². The average Bonchev–Trinajstić information content (AvgIpc) is 1.35. The third kappa shape index (κ3) is 15.9. The molecule has 0 N–H and O–H groups in total. The molecule has 2 heteroatoms. The van der Waals surface area contributed by atoms with E-state index in [1.54, 1.807) is 0 Å². The fourth-order valence-electron chi connectivity index (χ4n) is 0.316. The summed E-state index contributed by atoms with van der Waals surface area (Å²) in [6.07, 6.45) is 1.01. The van der Waals surface area contributed by atoms with Gasteiger partial charge in [0.2, 0.25) is 0 Å². The summed E-state index contributed by atoms with van der Waals surface area (Å²) in [4.78, 5) is 2.12. The molecular formula is C6H15MgN. The Balaban J connectivity index is -0.000000125. The van der Waals surface area contributed by atoms with E-state index in [1.807, 2.05) is 14.1 Å². The van der Waals surface area contributed by atoms with Crippen molar-refractivity contribution >= 4 is 23.1 Å². The standard InChI is InChI=1S/C5H12N.CH3.Mg/c1-4-5-6(2)3;;/h1,4-5H2,2-3H3;1H3;/q2*-1;+2. The normalized spacial score (nSPS) is 7.50. The van der Waals surface area contributed by atoms with E-state index in [1.165, 1.54) is 0 Å². The molecule has 0 unspecified atom stereocenters. The van der Waals surface area contributed by atoms with E-state index >= 15 is 0 Å². The SMILES string of the molecule is [CH2-]CCN(C)C.[CH3-].[Mg+2].